The van der Waals surface area contributed by atoms with E-state index in [2.05, 4.69) is 29.1 Å². The molecule has 0 unspecified atom stereocenters. The van der Waals surface area contributed by atoms with E-state index in [1.807, 2.05) is 25.1 Å². The van der Waals surface area contributed by atoms with E-state index < -0.39 is 10.0 Å². The van der Waals surface area contributed by atoms with Crippen molar-refractivity contribution in [3.63, 3.8) is 0 Å². The zero-order valence-electron chi connectivity index (χ0n) is 17.9. The number of hydrogen-bond acceptors (Lipinski definition) is 4. The molecule has 0 aliphatic heterocycles. The maximum absolute atomic E-state index is 12.8. The van der Waals surface area contributed by atoms with Crippen LogP contribution in [0.3, 0.4) is 0 Å². The molecule has 0 heterocycles. The minimum atomic E-state index is -3.95. The average Bonchev–Trinajstić information content (AvgIpc) is 2.74. The third-order valence-electron chi connectivity index (χ3n) is 4.80. The van der Waals surface area contributed by atoms with Gasteiger partial charge in [0.25, 0.3) is 15.9 Å². The van der Waals surface area contributed by atoms with Crippen LogP contribution >= 0.6 is 23.4 Å². The van der Waals surface area contributed by atoms with E-state index in [4.69, 9.17) is 11.6 Å². The van der Waals surface area contributed by atoms with Gasteiger partial charge in [0.05, 0.1) is 5.02 Å². The fourth-order valence-corrected chi connectivity index (χ4v) is 5.57. The fraction of sp³-hybridized carbons (Fsp3) is 0.208. The highest BCUT2D eigenvalue weighted by molar-refractivity contribution is 7.98. The first-order valence-electron chi connectivity index (χ1n) is 10.1. The van der Waals surface area contributed by atoms with Crippen molar-refractivity contribution in [3.05, 3.63) is 94.0 Å². The van der Waals surface area contributed by atoms with E-state index in [0.29, 0.717) is 12.2 Å². The number of nitrogens with one attached hydrogen (secondary N) is 2. The van der Waals surface area contributed by atoms with Crippen molar-refractivity contribution in [3.8, 4) is 0 Å². The number of anilines is 1. The molecule has 5 nitrogen and oxygen atoms in total. The number of carbonyl (C=O) groups excluding carboxylic acids is 1. The molecule has 3 rings (SSSR count). The summed E-state index contributed by atoms with van der Waals surface area (Å²) in [6.07, 6.45) is 0. The standard InChI is InChI=1S/C24H25ClN2O3S2/c1-17-6-5-9-21(14-17)27-32(29,30)23-15-19(10-11-22(23)25)24(28)26-12-13-31-16-20-8-4-3-7-18(20)2/h3-11,14-15,27H,12-13,16H2,1-2H3,(H,26,28). The molecule has 2 N–H and O–H groups in total. The summed E-state index contributed by atoms with van der Waals surface area (Å²) in [5.74, 6) is 1.27. The van der Waals surface area contributed by atoms with Crippen LogP contribution in [-0.4, -0.2) is 26.6 Å². The van der Waals surface area contributed by atoms with Crippen molar-refractivity contribution >= 4 is 45.0 Å². The predicted molar refractivity (Wildman–Crippen MR) is 133 cm³/mol. The minimum Gasteiger partial charge on any atom is -0.351 e. The summed E-state index contributed by atoms with van der Waals surface area (Å²) >= 11 is 7.87. The van der Waals surface area contributed by atoms with Crippen LogP contribution in [0, 0.1) is 13.8 Å². The SMILES string of the molecule is Cc1cccc(NS(=O)(=O)c2cc(C(=O)NCCSCc3ccccc3C)ccc2Cl)c1. The monoisotopic (exact) mass is 488 g/mol. The van der Waals surface area contributed by atoms with Crippen LogP contribution in [0.2, 0.25) is 5.02 Å². The Morgan fingerprint density at radius 3 is 2.53 bits per heavy atom. The molecule has 0 fully saturated rings. The van der Waals surface area contributed by atoms with Gasteiger partial charge in [-0.1, -0.05) is 48.0 Å². The molecule has 0 saturated carbocycles. The topological polar surface area (TPSA) is 75.3 Å². The molecular formula is C24H25ClN2O3S2. The van der Waals surface area contributed by atoms with E-state index in [1.165, 1.54) is 29.3 Å². The van der Waals surface area contributed by atoms with Crippen LogP contribution in [0.5, 0.6) is 0 Å². The maximum Gasteiger partial charge on any atom is 0.263 e. The highest BCUT2D eigenvalue weighted by atomic mass is 35.5. The Morgan fingerprint density at radius 1 is 1.00 bits per heavy atom. The normalized spacial score (nSPS) is 11.2. The van der Waals surface area contributed by atoms with Crippen LogP contribution < -0.4 is 10.0 Å². The van der Waals surface area contributed by atoms with Gasteiger partial charge in [-0.2, -0.15) is 11.8 Å². The number of aryl methyl sites for hydroxylation is 2. The zero-order chi connectivity index (χ0) is 23.1. The van der Waals surface area contributed by atoms with Crippen molar-refractivity contribution in [1.29, 1.82) is 0 Å². The smallest absolute Gasteiger partial charge is 0.263 e. The Hall–Kier alpha value is -2.48. The first-order chi connectivity index (χ1) is 15.3. The van der Waals surface area contributed by atoms with Crippen molar-refractivity contribution < 1.29 is 13.2 Å². The second-order valence-electron chi connectivity index (χ2n) is 7.36. The number of benzene rings is 3. The van der Waals surface area contributed by atoms with Crippen molar-refractivity contribution in [2.45, 2.75) is 24.5 Å². The van der Waals surface area contributed by atoms with Crippen LogP contribution in [0.25, 0.3) is 0 Å². The van der Waals surface area contributed by atoms with Crippen molar-refractivity contribution in [2.75, 3.05) is 17.0 Å². The number of rotatable bonds is 9. The molecule has 3 aromatic rings. The largest absolute Gasteiger partial charge is 0.351 e. The number of thioether (sulfide) groups is 1. The lowest BCUT2D eigenvalue weighted by molar-refractivity contribution is 0.0956. The maximum atomic E-state index is 12.8. The summed E-state index contributed by atoms with van der Waals surface area (Å²) in [6, 6.07) is 19.5. The molecule has 0 aromatic heterocycles. The summed E-state index contributed by atoms with van der Waals surface area (Å²) in [7, 11) is -3.95. The molecule has 168 valence electrons. The van der Waals surface area contributed by atoms with Gasteiger partial charge in [-0.25, -0.2) is 8.42 Å². The van der Waals surface area contributed by atoms with Gasteiger partial charge in [0.15, 0.2) is 0 Å². The molecule has 0 bridgehead atoms. The second-order valence-corrected chi connectivity index (χ2v) is 10.5. The molecule has 0 saturated heterocycles. The molecule has 0 aliphatic rings. The summed E-state index contributed by atoms with van der Waals surface area (Å²) in [6.45, 7) is 4.42. The van der Waals surface area contributed by atoms with Crippen LogP contribution in [0.15, 0.2) is 71.6 Å². The number of amides is 1. The molecular weight excluding hydrogens is 464 g/mol. The summed E-state index contributed by atoms with van der Waals surface area (Å²) in [5, 5.41) is 2.89. The van der Waals surface area contributed by atoms with Gasteiger partial charge in [-0.3, -0.25) is 9.52 Å². The lowest BCUT2D eigenvalue weighted by atomic mass is 10.1. The van der Waals surface area contributed by atoms with E-state index in [9.17, 15) is 13.2 Å². The molecule has 1 amide bonds. The number of sulfonamides is 1. The van der Waals surface area contributed by atoms with Crippen LogP contribution in [0.1, 0.15) is 27.0 Å². The van der Waals surface area contributed by atoms with Crippen molar-refractivity contribution in [1.82, 2.24) is 5.32 Å². The van der Waals surface area contributed by atoms with E-state index >= 15 is 0 Å². The average molecular weight is 489 g/mol. The van der Waals surface area contributed by atoms with Gasteiger partial charge >= 0.3 is 0 Å². The van der Waals surface area contributed by atoms with Gasteiger partial charge in [0.2, 0.25) is 0 Å². The molecule has 0 spiro atoms. The van der Waals surface area contributed by atoms with Gasteiger partial charge in [0.1, 0.15) is 4.90 Å². The number of halogens is 1. The van der Waals surface area contributed by atoms with Crippen LogP contribution in [0.4, 0.5) is 5.69 Å². The second kappa shape index (κ2) is 10.9. The van der Waals surface area contributed by atoms with Gasteiger partial charge < -0.3 is 5.32 Å². The van der Waals surface area contributed by atoms with Gasteiger partial charge in [-0.05, 0) is 60.9 Å². The molecule has 0 aliphatic carbocycles. The summed E-state index contributed by atoms with van der Waals surface area (Å²) < 4.78 is 28.2. The lowest BCUT2D eigenvalue weighted by Gasteiger charge is -2.12. The first kappa shape index (κ1) is 24.2. The van der Waals surface area contributed by atoms with Gasteiger partial charge in [0, 0.05) is 29.3 Å². The summed E-state index contributed by atoms with van der Waals surface area (Å²) in [5.41, 5.74) is 4.12. The Morgan fingerprint density at radius 2 is 1.78 bits per heavy atom. The van der Waals surface area contributed by atoms with E-state index in [0.717, 1.165) is 17.1 Å². The highest BCUT2D eigenvalue weighted by Gasteiger charge is 2.20. The van der Waals surface area contributed by atoms with E-state index in [-0.39, 0.29) is 21.4 Å². The quantitative estimate of drug-likeness (QED) is 0.394. The zero-order valence-corrected chi connectivity index (χ0v) is 20.3. The fourth-order valence-electron chi connectivity index (χ4n) is 3.06. The third kappa shape index (κ3) is 6.51. The Kier molecular flexibility index (Phi) is 8.23. The summed E-state index contributed by atoms with van der Waals surface area (Å²) in [4.78, 5) is 12.4. The Bertz CT molecular complexity index is 1210. The van der Waals surface area contributed by atoms with Gasteiger partial charge in [-0.15, -0.1) is 0 Å². The predicted octanol–water partition coefficient (Wildman–Crippen LogP) is 5.42. The molecule has 32 heavy (non-hydrogen) atoms. The Labute approximate surface area is 198 Å². The molecule has 0 radical (unpaired) electrons. The highest BCUT2D eigenvalue weighted by Crippen LogP contribution is 2.25. The molecule has 8 heteroatoms. The van der Waals surface area contributed by atoms with E-state index in [1.54, 1.807) is 30.0 Å². The molecule has 0 atom stereocenters. The number of hydrogen-bond donors (Lipinski definition) is 2. The minimum absolute atomic E-state index is 0.0514. The third-order valence-corrected chi connectivity index (χ3v) is 7.67. The Balaban J connectivity index is 1.60. The van der Waals surface area contributed by atoms with Crippen LogP contribution in [-0.2, 0) is 15.8 Å². The number of carbonyl (C=O) groups is 1. The first-order valence-corrected chi connectivity index (χ1v) is 13.1. The van der Waals surface area contributed by atoms with Crippen molar-refractivity contribution in [2.24, 2.45) is 0 Å². The lowest BCUT2D eigenvalue weighted by Crippen LogP contribution is -2.26. The molecule has 3 aromatic carbocycles.